The number of nitrogens with two attached hydrogens (primary N) is 1. The molecule has 0 bridgehead atoms. The molecule has 0 saturated carbocycles. The van der Waals surface area contributed by atoms with Gasteiger partial charge in [-0.3, -0.25) is 4.79 Å². The molecule has 1 aliphatic carbocycles. The first kappa shape index (κ1) is 24.6. The van der Waals surface area contributed by atoms with Crippen molar-refractivity contribution in [1.29, 1.82) is 0 Å². The Morgan fingerprint density at radius 2 is 2.03 bits per heavy atom. The van der Waals surface area contributed by atoms with E-state index in [1.807, 2.05) is 39.0 Å². The maximum Gasteiger partial charge on any atom is 0.248 e. The number of primary amides is 1. The largest absolute Gasteiger partial charge is 0.491 e. The van der Waals surface area contributed by atoms with Gasteiger partial charge in [0.1, 0.15) is 23.3 Å². The van der Waals surface area contributed by atoms with Crippen LogP contribution in [0.15, 0.2) is 40.8 Å². The zero-order chi connectivity index (χ0) is 24.3. The van der Waals surface area contributed by atoms with Crippen LogP contribution in [-0.4, -0.2) is 40.4 Å². The van der Waals surface area contributed by atoms with Gasteiger partial charge in [0.15, 0.2) is 0 Å². The molecule has 2 aromatic rings. The van der Waals surface area contributed by atoms with Crippen LogP contribution in [0.1, 0.15) is 78.6 Å². The summed E-state index contributed by atoms with van der Waals surface area (Å²) in [5, 5.41) is 0. The average Bonchev–Trinajstić information content (AvgIpc) is 3.33. The van der Waals surface area contributed by atoms with Crippen LogP contribution in [0, 0.1) is 0 Å². The molecular formula is C27H34N2O4S. The highest BCUT2D eigenvalue weighted by Crippen LogP contribution is 2.36. The van der Waals surface area contributed by atoms with Gasteiger partial charge >= 0.3 is 0 Å². The molecule has 0 unspecified atom stereocenters. The molecule has 6 nitrogen and oxygen atoms in total. The number of nitrogens with zero attached hydrogens (tertiary/aromatic N) is 1. The number of ether oxygens (including phenoxy) is 2. The molecule has 182 valence electrons. The summed E-state index contributed by atoms with van der Waals surface area (Å²) in [5.41, 5.74) is 10.7. The lowest BCUT2D eigenvalue weighted by Gasteiger charge is -2.27. The van der Waals surface area contributed by atoms with E-state index >= 15 is 0 Å². The van der Waals surface area contributed by atoms with Crippen molar-refractivity contribution >= 4 is 23.1 Å². The Morgan fingerprint density at radius 1 is 1.21 bits per heavy atom. The summed E-state index contributed by atoms with van der Waals surface area (Å²) >= 11 is 0. The van der Waals surface area contributed by atoms with Gasteiger partial charge in [-0.2, -0.15) is 4.40 Å². The molecule has 34 heavy (non-hydrogen) atoms. The molecule has 3 atom stereocenters. The highest BCUT2D eigenvalue weighted by atomic mass is 32.2. The Balaban J connectivity index is 1.50. The van der Waals surface area contributed by atoms with Crippen molar-refractivity contribution in [1.82, 2.24) is 0 Å². The van der Waals surface area contributed by atoms with Crippen LogP contribution < -0.4 is 10.5 Å². The molecule has 0 radical (unpaired) electrons. The average molecular weight is 483 g/mol. The summed E-state index contributed by atoms with van der Waals surface area (Å²) in [6.07, 6.45) is 6.57. The first-order chi connectivity index (χ1) is 16.2. The number of hydrogen-bond acceptors (Lipinski definition) is 4. The first-order valence-electron chi connectivity index (χ1n) is 12.0. The second kappa shape index (κ2) is 10.4. The maximum absolute atomic E-state index is 12.2. The first-order valence-corrected chi connectivity index (χ1v) is 13.1. The number of fused-ring (bicyclic) bond motifs is 1. The molecule has 1 amide bonds. The molecule has 2 N–H and O–H groups in total. The van der Waals surface area contributed by atoms with Crippen LogP contribution in [0.4, 0.5) is 0 Å². The van der Waals surface area contributed by atoms with Crippen molar-refractivity contribution in [3.63, 3.8) is 0 Å². The minimum Gasteiger partial charge on any atom is -0.491 e. The summed E-state index contributed by atoms with van der Waals surface area (Å²) < 4.78 is 27.7. The summed E-state index contributed by atoms with van der Waals surface area (Å²) in [6, 6.07) is 11.8. The van der Waals surface area contributed by atoms with Crippen LogP contribution in [0.3, 0.4) is 0 Å². The van der Waals surface area contributed by atoms with Gasteiger partial charge in [0.2, 0.25) is 5.91 Å². The molecule has 4 rings (SSSR count). The Labute approximate surface area is 204 Å². The van der Waals surface area contributed by atoms with Gasteiger partial charge in [-0.05, 0) is 105 Å². The number of hydrogen-bond donors (Lipinski definition) is 1. The van der Waals surface area contributed by atoms with E-state index in [1.54, 1.807) is 12.3 Å². The predicted octanol–water partition coefficient (Wildman–Crippen LogP) is 4.50. The molecule has 7 heteroatoms. The van der Waals surface area contributed by atoms with Gasteiger partial charge < -0.3 is 15.2 Å². The van der Waals surface area contributed by atoms with E-state index in [2.05, 4.69) is 16.5 Å². The van der Waals surface area contributed by atoms with Gasteiger partial charge in [0.25, 0.3) is 0 Å². The van der Waals surface area contributed by atoms with Gasteiger partial charge in [-0.15, -0.1) is 0 Å². The number of rotatable bonds is 7. The molecule has 1 fully saturated rings. The molecule has 2 aliphatic rings. The fraction of sp³-hybridized carbons (Fsp3) is 0.481. The number of carbonyl (C=O) groups is 1. The van der Waals surface area contributed by atoms with Gasteiger partial charge in [0, 0.05) is 18.4 Å². The molecule has 0 aromatic heterocycles. The highest BCUT2D eigenvalue weighted by Gasteiger charge is 2.25. The van der Waals surface area contributed by atoms with Gasteiger partial charge in [-0.25, -0.2) is 4.21 Å². The minimum atomic E-state index is -1.28. The summed E-state index contributed by atoms with van der Waals surface area (Å²) in [6.45, 7) is 7.06. The van der Waals surface area contributed by atoms with Crippen molar-refractivity contribution in [2.75, 3.05) is 13.2 Å². The van der Waals surface area contributed by atoms with Crippen LogP contribution in [-0.2, 0) is 28.6 Å². The van der Waals surface area contributed by atoms with Crippen molar-refractivity contribution in [2.45, 2.75) is 69.6 Å². The van der Waals surface area contributed by atoms with Crippen molar-refractivity contribution in [2.24, 2.45) is 10.1 Å². The van der Waals surface area contributed by atoms with E-state index < -0.39 is 16.9 Å². The fourth-order valence-corrected chi connectivity index (χ4v) is 5.08. The van der Waals surface area contributed by atoms with Crippen molar-refractivity contribution in [3.05, 3.63) is 64.2 Å². The topological polar surface area (TPSA) is 91.0 Å². The normalized spacial score (nSPS) is 21.4. The molecule has 2 aromatic carbocycles. The van der Waals surface area contributed by atoms with E-state index in [0.717, 1.165) is 55.6 Å². The third-order valence-electron chi connectivity index (χ3n) is 6.47. The molecule has 1 aliphatic heterocycles. The van der Waals surface area contributed by atoms with Crippen LogP contribution >= 0.6 is 0 Å². The van der Waals surface area contributed by atoms with Crippen LogP contribution in [0.2, 0.25) is 0 Å². The summed E-state index contributed by atoms with van der Waals surface area (Å²) in [5.74, 6) is 0.527. The summed E-state index contributed by atoms with van der Waals surface area (Å²) in [7, 11) is -1.28. The van der Waals surface area contributed by atoms with Crippen LogP contribution in [0.5, 0.6) is 5.75 Å². The van der Waals surface area contributed by atoms with E-state index in [4.69, 9.17) is 15.2 Å². The Hall–Kier alpha value is -2.51. The standard InChI is InChI=1S/C27H34N2O4S/c1-27(2,3)34(31)29-16-18-6-7-20-14-21(9-8-19(20)13-18)25-15-22(10-11-24(25)26(28)30)33-17-23-5-4-12-32-23/h6-7,10-11,13,15-16,21,23H,4-5,8-9,12,14,17H2,1-3H3,(H2,28,30)/b29-16+/t21-,23-,34+/m0/s1. The van der Waals surface area contributed by atoms with Gasteiger partial charge in [-0.1, -0.05) is 12.1 Å². The maximum atomic E-state index is 12.2. The highest BCUT2D eigenvalue weighted by molar-refractivity contribution is 7.85. The number of carbonyl (C=O) groups excluding carboxylic acids is 1. The molecule has 1 saturated heterocycles. The number of aryl methyl sites for hydroxylation is 1. The smallest absolute Gasteiger partial charge is 0.248 e. The second-order valence-corrected chi connectivity index (χ2v) is 12.1. The Morgan fingerprint density at radius 3 is 2.74 bits per heavy atom. The lowest BCUT2D eigenvalue weighted by molar-refractivity contribution is 0.0679. The second-order valence-electron chi connectivity index (χ2n) is 10.1. The molecule has 0 spiro atoms. The third-order valence-corrected chi connectivity index (χ3v) is 7.81. The SMILES string of the molecule is CC(C)(C)[S@@](=O)/N=C/c1ccc2c(c1)CC[C@H](c1cc(OC[C@@H]3CCCO3)ccc1C(N)=O)C2. The Bertz CT molecular complexity index is 1100. The zero-order valence-electron chi connectivity index (χ0n) is 20.2. The third kappa shape index (κ3) is 5.94. The molecule has 1 heterocycles. The number of benzene rings is 2. The van der Waals surface area contributed by atoms with E-state index in [-0.39, 0.29) is 16.8 Å². The van der Waals surface area contributed by atoms with Gasteiger partial charge in [0.05, 0.1) is 10.9 Å². The lowest BCUT2D eigenvalue weighted by atomic mass is 9.78. The van der Waals surface area contributed by atoms with Crippen molar-refractivity contribution in [3.8, 4) is 5.75 Å². The number of amides is 1. The van der Waals surface area contributed by atoms with E-state index in [9.17, 15) is 9.00 Å². The lowest BCUT2D eigenvalue weighted by Crippen LogP contribution is -2.20. The van der Waals surface area contributed by atoms with E-state index in [1.165, 1.54) is 11.1 Å². The van der Waals surface area contributed by atoms with Crippen molar-refractivity contribution < 1.29 is 18.5 Å². The van der Waals surface area contributed by atoms with E-state index in [0.29, 0.717) is 12.2 Å². The quantitative estimate of drug-likeness (QED) is 0.589. The Kier molecular flexibility index (Phi) is 7.53. The monoisotopic (exact) mass is 482 g/mol. The minimum absolute atomic E-state index is 0.138. The zero-order valence-corrected chi connectivity index (χ0v) is 21.0. The predicted molar refractivity (Wildman–Crippen MR) is 136 cm³/mol. The fourth-order valence-electron chi connectivity index (χ4n) is 4.55. The summed E-state index contributed by atoms with van der Waals surface area (Å²) in [4.78, 5) is 12.2. The van der Waals surface area contributed by atoms with Crippen LogP contribution in [0.25, 0.3) is 0 Å². The molecular weight excluding hydrogens is 448 g/mol.